The number of carbonyl (C=O) groups is 1. The van der Waals surface area contributed by atoms with Gasteiger partial charge in [0.25, 0.3) is 10.0 Å². The minimum Gasteiger partial charge on any atom is -0.497 e. The molecule has 0 spiro atoms. The predicted octanol–water partition coefficient (Wildman–Crippen LogP) is 1.92. The summed E-state index contributed by atoms with van der Waals surface area (Å²) in [4.78, 5) is 16.6. The third-order valence-corrected chi connectivity index (χ3v) is 8.58. The first kappa shape index (κ1) is 32.9. The van der Waals surface area contributed by atoms with Crippen LogP contribution in [0.1, 0.15) is 42.4 Å². The molecule has 1 saturated heterocycles. The fraction of sp³-hybridized carbons (Fsp3) is 0.433. The van der Waals surface area contributed by atoms with E-state index in [-0.39, 0.29) is 17.2 Å². The summed E-state index contributed by atoms with van der Waals surface area (Å²) < 4.78 is 31.2. The van der Waals surface area contributed by atoms with Crippen molar-refractivity contribution in [2.24, 2.45) is 11.6 Å². The van der Waals surface area contributed by atoms with E-state index in [2.05, 4.69) is 50.5 Å². The summed E-state index contributed by atoms with van der Waals surface area (Å²) in [7, 11) is -0.00349. The van der Waals surface area contributed by atoms with Gasteiger partial charge in [0.05, 0.1) is 12.0 Å². The molecule has 1 aliphatic carbocycles. The number of aryl methyl sites for hydroxylation is 2. The van der Waals surface area contributed by atoms with Crippen LogP contribution in [-0.2, 0) is 34.2 Å². The molecule has 0 bridgehead atoms. The van der Waals surface area contributed by atoms with Gasteiger partial charge in [-0.05, 0) is 80.1 Å². The molecule has 12 heteroatoms. The van der Waals surface area contributed by atoms with Gasteiger partial charge in [-0.2, -0.15) is 0 Å². The van der Waals surface area contributed by atoms with Crippen molar-refractivity contribution >= 4 is 15.9 Å². The summed E-state index contributed by atoms with van der Waals surface area (Å²) in [6, 6.07) is 13.1. The molecule has 2 aromatic rings. The van der Waals surface area contributed by atoms with Gasteiger partial charge in [0.1, 0.15) is 5.75 Å². The van der Waals surface area contributed by atoms with Gasteiger partial charge in [0.2, 0.25) is 5.91 Å². The standard InChI is InChI=1S/C16H24N2.C14H21N5O4S/c1-17-8-10-18(11-9-17)13-14-6-7-15-4-2-3-5-16(15)12-14;1-23-12-3-5-13(6-4-12)24(21,22)19-9-8-17-14(20)7-2-11(15)10-18-16/h6-7,12H,2-5,8-11,13H2,1H3;3-6,8-10,18-19H,2,7,15-16H2,1H3,(H,17,20)/b;9-8-,11-10-. The van der Waals surface area contributed by atoms with Crippen LogP contribution in [0.25, 0.3) is 0 Å². The number of methoxy groups -OCH3 is 1. The Labute approximate surface area is 250 Å². The second-order valence-electron chi connectivity index (χ2n) is 10.5. The molecule has 0 saturated carbocycles. The van der Waals surface area contributed by atoms with Crippen molar-refractivity contribution in [2.75, 3.05) is 40.3 Å². The lowest BCUT2D eigenvalue weighted by Crippen LogP contribution is -2.43. The molecule has 0 atom stereocenters. The normalized spacial score (nSPS) is 16.2. The molecule has 42 heavy (non-hydrogen) atoms. The third-order valence-electron chi connectivity index (χ3n) is 7.25. The summed E-state index contributed by atoms with van der Waals surface area (Å²) in [5, 5.41) is 2.42. The van der Waals surface area contributed by atoms with Crippen molar-refractivity contribution in [2.45, 2.75) is 50.0 Å². The van der Waals surface area contributed by atoms with E-state index in [1.807, 2.05) is 0 Å². The molecule has 1 fully saturated rings. The summed E-state index contributed by atoms with van der Waals surface area (Å²) in [5.74, 6) is 5.28. The number of fused-ring (bicyclic) bond motifs is 1. The van der Waals surface area contributed by atoms with Crippen molar-refractivity contribution in [1.82, 2.24) is 25.3 Å². The lowest BCUT2D eigenvalue weighted by atomic mass is 9.90. The minimum atomic E-state index is -3.71. The molecule has 2 aromatic carbocycles. The van der Waals surface area contributed by atoms with E-state index in [1.54, 1.807) is 11.1 Å². The lowest BCUT2D eigenvalue weighted by molar-refractivity contribution is -0.120. The average molecular weight is 600 g/mol. The number of nitrogens with one attached hydrogen (secondary N) is 3. The molecule has 4 rings (SSSR count). The molecule has 0 aromatic heterocycles. The van der Waals surface area contributed by atoms with Crippen molar-refractivity contribution in [3.63, 3.8) is 0 Å². The van der Waals surface area contributed by atoms with Gasteiger partial charge >= 0.3 is 0 Å². The highest BCUT2D eigenvalue weighted by atomic mass is 32.2. The SMILES string of the molecule is CN1CCN(Cc2ccc3c(c2)CCCC3)CC1.COc1ccc(S(=O)(=O)N/C=C\NC(=O)CC/C(N)=C/NN)cc1. The molecule has 0 radical (unpaired) electrons. The molecule has 230 valence electrons. The van der Waals surface area contributed by atoms with Gasteiger partial charge in [0, 0.05) is 63.4 Å². The first-order chi connectivity index (χ1) is 20.2. The highest BCUT2D eigenvalue weighted by Gasteiger charge is 2.15. The van der Waals surface area contributed by atoms with Crippen LogP contribution >= 0.6 is 0 Å². The second-order valence-corrected chi connectivity index (χ2v) is 12.2. The van der Waals surface area contributed by atoms with Crippen molar-refractivity contribution in [1.29, 1.82) is 0 Å². The number of hydrazine groups is 1. The number of hydrogen-bond acceptors (Lipinski definition) is 9. The number of piperazine rings is 1. The zero-order chi connectivity index (χ0) is 30.4. The smallest absolute Gasteiger partial charge is 0.261 e. The summed E-state index contributed by atoms with van der Waals surface area (Å²) in [5.41, 5.74) is 13.0. The number of rotatable bonds is 11. The molecule has 7 N–H and O–H groups in total. The molecule has 2 aliphatic rings. The topological polar surface area (TPSA) is 155 Å². The quantitative estimate of drug-likeness (QED) is 0.192. The molecule has 1 heterocycles. The number of hydrogen-bond donors (Lipinski definition) is 5. The monoisotopic (exact) mass is 599 g/mol. The zero-order valence-corrected chi connectivity index (χ0v) is 25.5. The number of carbonyl (C=O) groups excluding carboxylic acids is 1. The Hall–Kier alpha value is -3.58. The van der Waals surface area contributed by atoms with E-state index in [9.17, 15) is 13.2 Å². The molecular formula is C30H45N7O4S. The third kappa shape index (κ3) is 11.0. The summed E-state index contributed by atoms with van der Waals surface area (Å²) >= 11 is 0. The molecular weight excluding hydrogens is 554 g/mol. The number of ether oxygens (including phenoxy) is 1. The number of amides is 1. The summed E-state index contributed by atoms with van der Waals surface area (Å²) in [6.45, 7) is 6.00. The van der Waals surface area contributed by atoms with Gasteiger partial charge in [-0.1, -0.05) is 18.2 Å². The van der Waals surface area contributed by atoms with Gasteiger partial charge in [-0.15, -0.1) is 0 Å². The van der Waals surface area contributed by atoms with Crippen LogP contribution in [0, 0.1) is 0 Å². The van der Waals surface area contributed by atoms with Crippen molar-refractivity contribution in [3.05, 3.63) is 83.5 Å². The van der Waals surface area contributed by atoms with Crippen LogP contribution in [-0.4, -0.2) is 64.5 Å². The molecule has 0 unspecified atom stereocenters. The van der Waals surface area contributed by atoms with Crippen molar-refractivity contribution < 1.29 is 17.9 Å². The molecule has 11 nitrogen and oxygen atoms in total. The summed E-state index contributed by atoms with van der Waals surface area (Å²) in [6.07, 6.45) is 9.52. The van der Waals surface area contributed by atoms with Gasteiger partial charge in [0.15, 0.2) is 0 Å². The zero-order valence-electron chi connectivity index (χ0n) is 24.6. The van der Waals surface area contributed by atoms with E-state index in [1.165, 1.54) is 101 Å². The Morgan fingerprint density at radius 3 is 2.33 bits per heavy atom. The maximum Gasteiger partial charge on any atom is 0.261 e. The van der Waals surface area contributed by atoms with E-state index < -0.39 is 10.0 Å². The number of nitrogens with zero attached hydrogens (tertiary/aromatic N) is 2. The first-order valence-corrected chi connectivity index (χ1v) is 15.7. The fourth-order valence-electron chi connectivity index (χ4n) is 4.74. The van der Waals surface area contributed by atoms with Gasteiger partial charge in [-0.25, -0.2) is 8.42 Å². The van der Waals surface area contributed by atoms with Crippen molar-refractivity contribution in [3.8, 4) is 5.75 Å². The first-order valence-electron chi connectivity index (χ1n) is 14.2. The van der Waals surface area contributed by atoms with Gasteiger partial charge < -0.3 is 26.1 Å². The van der Waals surface area contributed by atoms with Crippen LogP contribution in [0.15, 0.2) is 71.7 Å². The number of sulfonamides is 1. The van der Waals surface area contributed by atoms with E-state index in [0.29, 0.717) is 17.9 Å². The number of nitrogens with two attached hydrogens (primary N) is 2. The van der Waals surface area contributed by atoms with E-state index >= 15 is 0 Å². The van der Waals surface area contributed by atoms with Crippen LogP contribution in [0.4, 0.5) is 0 Å². The highest BCUT2D eigenvalue weighted by molar-refractivity contribution is 7.89. The van der Waals surface area contributed by atoms with Crippen LogP contribution < -0.4 is 31.8 Å². The fourth-order valence-corrected chi connectivity index (χ4v) is 5.62. The highest BCUT2D eigenvalue weighted by Crippen LogP contribution is 2.23. The van der Waals surface area contributed by atoms with Crippen LogP contribution in [0.3, 0.4) is 0 Å². The number of benzene rings is 2. The molecule has 1 amide bonds. The number of allylic oxidation sites excluding steroid dienone is 1. The Morgan fingerprint density at radius 1 is 0.976 bits per heavy atom. The minimum absolute atomic E-state index is 0.0754. The Balaban J connectivity index is 0.000000238. The Morgan fingerprint density at radius 2 is 1.67 bits per heavy atom. The maximum atomic E-state index is 12.0. The van der Waals surface area contributed by atoms with Crippen LogP contribution in [0.2, 0.25) is 0 Å². The Bertz CT molecular complexity index is 1310. The largest absolute Gasteiger partial charge is 0.497 e. The second kappa shape index (κ2) is 16.8. The maximum absolute atomic E-state index is 12.0. The lowest BCUT2D eigenvalue weighted by Gasteiger charge is -2.32. The average Bonchev–Trinajstić information content (AvgIpc) is 3.00. The van der Waals surface area contributed by atoms with E-state index in [4.69, 9.17) is 16.3 Å². The molecule has 1 aliphatic heterocycles. The van der Waals surface area contributed by atoms with Crippen LogP contribution in [0.5, 0.6) is 5.75 Å². The number of likely N-dealkylation sites (N-methyl/N-ethyl adjacent to an activating group) is 1. The van der Waals surface area contributed by atoms with Gasteiger partial charge in [-0.3, -0.25) is 20.3 Å². The Kier molecular flexibility index (Phi) is 13.1. The van der Waals surface area contributed by atoms with E-state index in [0.717, 1.165) is 12.7 Å². The predicted molar refractivity (Wildman–Crippen MR) is 165 cm³/mol.